The van der Waals surface area contributed by atoms with Crippen molar-refractivity contribution in [3.63, 3.8) is 0 Å². The summed E-state index contributed by atoms with van der Waals surface area (Å²) < 4.78 is 40.4. The molecular formula is C40H47ClN4O7S. The second-order valence-corrected chi connectivity index (χ2v) is 17.5. The molecule has 1 spiro atoms. The third-order valence-corrected chi connectivity index (χ3v) is 13.6. The van der Waals surface area contributed by atoms with Gasteiger partial charge in [0.05, 0.1) is 36.8 Å². The SMILES string of the molecule is COC(=O)c1cc(C(=O)NS2(=O)=NC(=O)c3ccc4c(c3)N(C[C@@H]3CC[C@H]3[C@@H](OC)/C=C/C[C@H](C)C2)C[C@@]2(CCCc3cc(Cl)ccc32)CO4)cn1C. The van der Waals surface area contributed by atoms with Crippen LogP contribution in [-0.4, -0.2) is 72.3 Å². The van der Waals surface area contributed by atoms with Gasteiger partial charge in [-0.05, 0) is 104 Å². The number of fused-ring (bicyclic) bond motifs is 4. The molecule has 2 aliphatic heterocycles. The van der Waals surface area contributed by atoms with Gasteiger partial charge >= 0.3 is 5.97 Å². The van der Waals surface area contributed by atoms with Crippen LogP contribution in [0.25, 0.3) is 0 Å². The number of carbonyl (C=O) groups excluding carboxylic acids is 3. The molecule has 1 saturated carbocycles. The number of aromatic nitrogens is 1. The van der Waals surface area contributed by atoms with Crippen molar-refractivity contribution in [3.05, 3.63) is 93.8 Å². The number of benzene rings is 2. The highest BCUT2D eigenvalue weighted by molar-refractivity contribution is 7.92. The zero-order valence-electron chi connectivity index (χ0n) is 30.6. The van der Waals surface area contributed by atoms with Crippen molar-refractivity contribution in [2.45, 2.75) is 57.0 Å². The summed E-state index contributed by atoms with van der Waals surface area (Å²) in [5.74, 6) is -0.965. The monoisotopic (exact) mass is 762 g/mol. The maximum absolute atomic E-state index is 14.6. The van der Waals surface area contributed by atoms with Crippen molar-refractivity contribution in [3.8, 4) is 5.75 Å². The lowest BCUT2D eigenvalue weighted by atomic mass is 9.68. The first-order valence-corrected chi connectivity index (χ1v) is 20.3. The molecule has 7 rings (SSSR count). The number of nitrogens with zero attached hydrogens (tertiary/aromatic N) is 3. The highest BCUT2D eigenvalue weighted by atomic mass is 35.5. The zero-order chi connectivity index (χ0) is 37.5. The molecule has 53 heavy (non-hydrogen) atoms. The van der Waals surface area contributed by atoms with Crippen LogP contribution in [0.3, 0.4) is 0 Å². The standard InChI is InChI=1S/C40H47ClN4O7S/c1-25-7-5-9-35(50-3)31-13-10-28(31)21-45-23-40(16-6-8-26-17-30(41)12-14-32(26)40)24-52-36-15-11-27(18-33(36)45)37(46)42-53(49,22-25)43-38(47)29-19-34(39(48)51-4)44(2)20-29/h5,9,11-12,14-15,17-20,25,28,31,35H,6-8,10,13,16,21-24H2,1-4H3,(H,42,43,46,47,49)/b9-5+/t25-,28-,31+,35-,40-,53?/m0/s1. The zero-order valence-corrected chi connectivity index (χ0v) is 32.2. The number of anilines is 1. The molecule has 3 heterocycles. The number of esters is 1. The Morgan fingerprint density at radius 2 is 1.96 bits per heavy atom. The van der Waals surface area contributed by atoms with E-state index in [4.69, 9.17) is 25.8 Å². The molecule has 6 atom stereocenters. The Labute approximate surface area is 316 Å². The van der Waals surface area contributed by atoms with Crippen LogP contribution in [0.2, 0.25) is 5.02 Å². The number of hydrogen-bond donors (Lipinski definition) is 1. The number of nitrogens with one attached hydrogen (secondary N) is 1. The Morgan fingerprint density at radius 3 is 2.72 bits per heavy atom. The summed E-state index contributed by atoms with van der Waals surface area (Å²) >= 11 is 6.46. The highest BCUT2D eigenvalue weighted by Gasteiger charge is 2.44. The van der Waals surface area contributed by atoms with Crippen molar-refractivity contribution in [1.29, 1.82) is 0 Å². The van der Waals surface area contributed by atoms with Gasteiger partial charge < -0.3 is 23.7 Å². The van der Waals surface area contributed by atoms with Gasteiger partial charge in [-0.25, -0.2) is 9.00 Å². The van der Waals surface area contributed by atoms with E-state index in [1.54, 1.807) is 32.4 Å². The normalized spacial score (nSPS) is 29.0. The average Bonchev–Trinajstić information content (AvgIpc) is 3.44. The van der Waals surface area contributed by atoms with Crippen molar-refractivity contribution in [2.24, 2.45) is 29.2 Å². The van der Waals surface area contributed by atoms with E-state index in [9.17, 15) is 18.6 Å². The lowest BCUT2D eigenvalue weighted by Crippen LogP contribution is -2.49. The first-order chi connectivity index (χ1) is 25.4. The number of halogens is 1. The predicted octanol–water partition coefficient (Wildman–Crippen LogP) is 6.53. The number of aryl methyl sites for hydroxylation is 2. The van der Waals surface area contributed by atoms with Crippen LogP contribution in [0.5, 0.6) is 5.75 Å². The van der Waals surface area contributed by atoms with Gasteiger partial charge in [-0.2, -0.15) is 0 Å². The lowest BCUT2D eigenvalue weighted by Gasteiger charge is -2.46. The highest BCUT2D eigenvalue weighted by Crippen LogP contribution is 2.47. The van der Waals surface area contributed by atoms with Gasteiger partial charge in [0.15, 0.2) is 0 Å². The smallest absolute Gasteiger partial charge is 0.354 e. The maximum atomic E-state index is 14.6. The summed E-state index contributed by atoms with van der Waals surface area (Å²) in [6.45, 7) is 3.84. The van der Waals surface area contributed by atoms with Crippen LogP contribution in [0.15, 0.2) is 65.2 Å². The second kappa shape index (κ2) is 14.9. The largest absolute Gasteiger partial charge is 0.490 e. The molecule has 2 amide bonds. The number of rotatable bonds is 4. The number of allylic oxidation sites excluding steroid dienone is 1. The number of methoxy groups -OCH3 is 2. The summed E-state index contributed by atoms with van der Waals surface area (Å²) in [5, 5.41) is 0.725. The van der Waals surface area contributed by atoms with E-state index in [1.807, 2.05) is 19.1 Å². The molecule has 0 radical (unpaired) electrons. The topological polar surface area (TPSA) is 129 Å². The molecule has 1 aromatic heterocycles. The molecule has 1 fully saturated rings. The molecule has 13 heteroatoms. The fourth-order valence-electron chi connectivity index (χ4n) is 8.57. The van der Waals surface area contributed by atoms with Gasteiger partial charge in [0, 0.05) is 49.4 Å². The molecule has 4 aliphatic rings. The Kier molecular flexibility index (Phi) is 10.5. The molecule has 11 nitrogen and oxygen atoms in total. The Balaban J connectivity index is 1.29. The fraction of sp³-hybridized carbons (Fsp3) is 0.475. The molecule has 2 bridgehead atoms. The van der Waals surface area contributed by atoms with Crippen LogP contribution in [0.4, 0.5) is 5.69 Å². The molecule has 3 aromatic rings. The summed E-state index contributed by atoms with van der Waals surface area (Å²) in [6, 6.07) is 12.8. The minimum Gasteiger partial charge on any atom is -0.490 e. The lowest BCUT2D eigenvalue weighted by molar-refractivity contribution is 0.0131. The van der Waals surface area contributed by atoms with E-state index < -0.39 is 27.7 Å². The molecule has 2 aromatic carbocycles. The minimum absolute atomic E-state index is 0.0681. The molecule has 282 valence electrons. The summed E-state index contributed by atoms with van der Waals surface area (Å²) in [4.78, 5) is 42.2. The minimum atomic E-state index is -3.64. The molecule has 2 aliphatic carbocycles. The van der Waals surface area contributed by atoms with Crippen LogP contribution < -0.4 is 14.4 Å². The van der Waals surface area contributed by atoms with E-state index in [2.05, 4.69) is 32.2 Å². The van der Waals surface area contributed by atoms with E-state index in [0.717, 1.165) is 49.4 Å². The third kappa shape index (κ3) is 7.50. The van der Waals surface area contributed by atoms with E-state index >= 15 is 0 Å². The summed E-state index contributed by atoms with van der Waals surface area (Å²) in [6.07, 6.45) is 11.1. The molecule has 0 saturated heterocycles. The van der Waals surface area contributed by atoms with Crippen molar-refractivity contribution >= 4 is 45.0 Å². The third-order valence-electron chi connectivity index (χ3n) is 11.4. The van der Waals surface area contributed by atoms with E-state index in [1.165, 1.54) is 35.1 Å². The van der Waals surface area contributed by atoms with Gasteiger partial charge in [0.1, 0.15) is 21.4 Å². The first kappa shape index (κ1) is 37.2. The fourth-order valence-corrected chi connectivity index (χ4v) is 10.7. The van der Waals surface area contributed by atoms with Crippen molar-refractivity contribution < 1.29 is 32.8 Å². The van der Waals surface area contributed by atoms with Gasteiger partial charge in [-0.1, -0.05) is 36.7 Å². The van der Waals surface area contributed by atoms with Crippen molar-refractivity contribution in [2.75, 3.05) is 44.6 Å². The quantitative estimate of drug-likeness (QED) is 0.235. The van der Waals surface area contributed by atoms with E-state index in [0.29, 0.717) is 37.2 Å². The number of ether oxygens (including phenoxy) is 3. The van der Waals surface area contributed by atoms with Gasteiger partial charge in [-0.3, -0.25) is 14.3 Å². The van der Waals surface area contributed by atoms with Crippen LogP contribution in [0, 0.1) is 17.8 Å². The van der Waals surface area contributed by atoms with Gasteiger partial charge in [0.25, 0.3) is 11.8 Å². The maximum Gasteiger partial charge on any atom is 0.354 e. The van der Waals surface area contributed by atoms with Crippen LogP contribution >= 0.6 is 11.6 Å². The molecule has 1 unspecified atom stereocenters. The number of amides is 2. The van der Waals surface area contributed by atoms with Crippen molar-refractivity contribution in [1.82, 2.24) is 9.29 Å². The Bertz CT molecular complexity index is 2090. The number of hydrogen-bond acceptors (Lipinski definition) is 8. The number of carbonyl (C=O) groups is 3. The second-order valence-electron chi connectivity index (χ2n) is 15.1. The predicted molar refractivity (Wildman–Crippen MR) is 204 cm³/mol. The Morgan fingerprint density at radius 1 is 1.13 bits per heavy atom. The summed E-state index contributed by atoms with van der Waals surface area (Å²) in [5.41, 5.74) is 3.49. The van der Waals surface area contributed by atoms with Crippen LogP contribution in [0.1, 0.15) is 81.4 Å². The Hall–Kier alpha value is -4.13. The first-order valence-electron chi connectivity index (χ1n) is 18.3. The van der Waals surface area contributed by atoms with Gasteiger partial charge in [0.2, 0.25) is 0 Å². The molecular weight excluding hydrogens is 716 g/mol. The van der Waals surface area contributed by atoms with Crippen LogP contribution in [-0.2, 0) is 38.3 Å². The van der Waals surface area contributed by atoms with E-state index in [-0.39, 0.29) is 40.0 Å². The molecule has 1 N–H and O–H groups in total. The summed E-state index contributed by atoms with van der Waals surface area (Å²) in [7, 11) is 0.960. The average molecular weight is 763 g/mol. The van der Waals surface area contributed by atoms with Gasteiger partial charge in [-0.15, -0.1) is 4.36 Å².